The summed E-state index contributed by atoms with van der Waals surface area (Å²) in [5, 5.41) is 18.1. The third-order valence-corrected chi connectivity index (χ3v) is 8.69. The molecule has 6 heteroatoms. The van der Waals surface area contributed by atoms with Crippen molar-refractivity contribution in [2.45, 2.75) is 38.8 Å². The van der Waals surface area contributed by atoms with Gasteiger partial charge < -0.3 is 24.3 Å². The Bertz CT molecular complexity index is 1730. The number of nitrogens with zero attached hydrogens (tertiary/aromatic N) is 2. The summed E-state index contributed by atoms with van der Waals surface area (Å²) in [6, 6.07) is 16.7. The van der Waals surface area contributed by atoms with Crippen LogP contribution in [0.1, 0.15) is 42.4 Å². The minimum absolute atomic E-state index is 0.00614. The molecule has 3 aromatic carbocycles. The van der Waals surface area contributed by atoms with Crippen LogP contribution in [0.4, 0.5) is 0 Å². The number of aliphatic hydroxyl groups excluding tert-OH is 1. The van der Waals surface area contributed by atoms with E-state index in [0.717, 1.165) is 54.7 Å². The van der Waals surface area contributed by atoms with E-state index in [0.29, 0.717) is 13.0 Å². The van der Waals surface area contributed by atoms with Gasteiger partial charge in [-0.05, 0) is 24.6 Å². The molecular weight excluding hydrogens is 414 g/mol. The first kappa shape index (κ1) is 18.1. The second-order valence-electron chi connectivity index (χ2n) is 10.2. The van der Waals surface area contributed by atoms with Gasteiger partial charge in [0.2, 0.25) is 0 Å². The SMILES string of the molecule is C[C@]1(CO)C[C@H]2O[C@]1(C)n1c3ccccc3c3c4c(c5c6ccccc6n2c5c31)C(=O)NC4. The van der Waals surface area contributed by atoms with E-state index < -0.39 is 11.1 Å². The van der Waals surface area contributed by atoms with E-state index in [9.17, 15) is 9.90 Å². The van der Waals surface area contributed by atoms with Crippen molar-refractivity contribution < 1.29 is 14.6 Å². The van der Waals surface area contributed by atoms with Crippen molar-refractivity contribution >= 4 is 49.5 Å². The van der Waals surface area contributed by atoms with Gasteiger partial charge in [0, 0.05) is 39.9 Å². The van der Waals surface area contributed by atoms with Crippen LogP contribution in [0.25, 0.3) is 43.6 Å². The lowest BCUT2D eigenvalue weighted by Crippen LogP contribution is -2.45. The van der Waals surface area contributed by atoms with Crippen molar-refractivity contribution in [3.05, 3.63) is 59.7 Å². The third-order valence-electron chi connectivity index (χ3n) is 8.69. The lowest BCUT2D eigenvalue weighted by Gasteiger charge is -2.40. The van der Waals surface area contributed by atoms with Gasteiger partial charge in [-0.2, -0.15) is 0 Å². The Labute approximate surface area is 189 Å². The molecule has 6 nitrogen and oxygen atoms in total. The van der Waals surface area contributed by atoms with Crippen LogP contribution in [0, 0.1) is 5.41 Å². The van der Waals surface area contributed by atoms with Crippen molar-refractivity contribution in [2.24, 2.45) is 5.41 Å². The van der Waals surface area contributed by atoms with Gasteiger partial charge in [-0.1, -0.05) is 43.3 Å². The first-order valence-corrected chi connectivity index (χ1v) is 11.6. The van der Waals surface area contributed by atoms with Gasteiger partial charge in [-0.25, -0.2) is 0 Å². The minimum atomic E-state index is -0.745. The zero-order valence-corrected chi connectivity index (χ0v) is 18.5. The zero-order valence-electron chi connectivity index (χ0n) is 18.5. The number of nitrogens with one attached hydrogen (secondary N) is 1. The second kappa shape index (κ2) is 5.41. The predicted octanol–water partition coefficient (Wildman–Crippen LogP) is 4.75. The summed E-state index contributed by atoms with van der Waals surface area (Å²) in [7, 11) is 0. The number of aliphatic hydroxyl groups is 1. The van der Waals surface area contributed by atoms with E-state index in [1.807, 2.05) is 12.1 Å². The molecule has 2 N–H and O–H groups in total. The van der Waals surface area contributed by atoms with Gasteiger partial charge in [0.1, 0.15) is 6.23 Å². The van der Waals surface area contributed by atoms with Crippen molar-refractivity contribution in [1.82, 2.24) is 14.5 Å². The van der Waals surface area contributed by atoms with Gasteiger partial charge >= 0.3 is 0 Å². The lowest BCUT2D eigenvalue weighted by atomic mass is 9.78. The van der Waals surface area contributed by atoms with Crippen molar-refractivity contribution in [3.63, 3.8) is 0 Å². The van der Waals surface area contributed by atoms with E-state index in [1.54, 1.807) is 0 Å². The molecule has 33 heavy (non-hydrogen) atoms. The monoisotopic (exact) mass is 437 g/mol. The summed E-state index contributed by atoms with van der Waals surface area (Å²) in [5.74, 6) is -0.00614. The van der Waals surface area contributed by atoms with Crippen LogP contribution in [0.2, 0.25) is 0 Å². The van der Waals surface area contributed by atoms with Crippen LogP contribution in [0.5, 0.6) is 0 Å². The largest absolute Gasteiger partial charge is 0.396 e. The van der Waals surface area contributed by atoms with E-state index in [1.165, 1.54) is 0 Å². The van der Waals surface area contributed by atoms with E-state index >= 15 is 0 Å². The standard InChI is InChI=1S/C27H23N3O3/c1-26(13-31)11-19-29-17-9-5-3-7-14(17)21-22-16(12-28-25(22)32)20-15-8-4-6-10-18(15)30(24(20)23(21)29)27(26,2)33-19/h3-10,19,31H,11-13H2,1-2H3,(H,28,32)/t19-,26-,27+/m1/s1. The molecule has 5 aromatic rings. The number of aromatic nitrogens is 2. The molecule has 0 spiro atoms. The fraction of sp³-hybridized carbons (Fsp3) is 0.296. The summed E-state index contributed by atoms with van der Waals surface area (Å²) in [6.45, 7) is 4.79. The molecule has 8 rings (SSSR count). The Morgan fingerprint density at radius 1 is 1.03 bits per heavy atom. The predicted molar refractivity (Wildman–Crippen MR) is 127 cm³/mol. The number of ether oxygens (including phenoxy) is 1. The Morgan fingerprint density at radius 2 is 1.73 bits per heavy atom. The number of rotatable bonds is 1. The normalized spacial score (nSPS) is 27.8. The highest BCUT2D eigenvalue weighted by molar-refractivity contribution is 6.31. The Morgan fingerprint density at radius 3 is 2.48 bits per heavy atom. The maximum atomic E-state index is 13.2. The molecular formula is C27H23N3O3. The number of para-hydroxylation sites is 2. The molecule has 1 fully saturated rings. The molecule has 3 atom stereocenters. The Hall–Kier alpha value is -3.35. The molecule has 3 aliphatic rings. The van der Waals surface area contributed by atoms with E-state index in [4.69, 9.17) is 4.74 Å². The van der Waals surface area contributed by atoms with Gasteiger partial charge in [0.05, 0.1) is 34.2 Å². The number of fused-ring (bicyclic) bond motifs is 13. The topological polar surface area (TPSA) is 68.4 Å². The average Bonchev–Trinajstić information content (AvgIpc) is 3.51. The second-order valence-corrected chi connectivity index (χ2v) is 10.2. The van der Waals surface area contributed by atoms with Crippen molar-refractivity contribution in [3.8, 4) is 0 Å². The maximum absolute atomic E-state index is 13.2. The number of benzene rings is 3. The Balaban J connectivity index is 1.78. The highest BCUT2D eigenvalue weighted by atomic mass is 16.5. The first-order chi connectivity index (χ1) is 16.0. The molecule has 0 aliphatic carbocycles. The van der Waals surface area contributed by atoms with Crippen LogP contribution in [-0.4, -0.2) is 26.8 Å². The molecule has 0 radical (unpaired) electrons. The van der Waals surface area contributed by atoms with Gasteiger partial charge in [0.25, 0.3) is 5.91 Å². The highest BCUT2D eigenvalue weighted by Crippen LogP contribution is 2.60. The fourth-order valence-electron chi connectivity index (χ4n) is 6.92. The molecule has 5 heterocycles. The first-order valence-electron chi connectivity index (χ1n) is 11.6. The van der Waals surface area contributed by atoms with Gasteiger partial charge in [-0.3, -0.25) is 4.79 Å². The number of hydrogen-bond acceptors (Lipinski definition) is 3. The minimum Gasteiger partial charge on any atom is -0.396 e. The summed E-state index contributed by atoms with van der Waals surface area (Å²) in [6.07, 6.45) is 0.448. The molecule has 1 saturated heterocycles. The van der Waals surface area contributed by atoms with E-state index in [2.05, 4.69) is 64.7 Å². The average molecular weight is 437 g/mol. The van der Waals surface area contributed by atoms with Crippen molar-refractivity contribution in [1.29, 1.82) is 0 Å². The molecule has 3 aliphatic heterocycles. The van der Waals surface area contributed by atoms with Crippen LogP contribution in [0.15, 0.2) is 48.5 Å². The molecule has 164 valence electrons. The molecule has 2 aromatic heterocycles. The Kier molecular flexibility index (Phi) is 2.97. The summed E-state index contributed by atoms with van der Waals surface area (Å²) < 4.78 is 11.5. The summed E-state index contributed by atoms with van der Waals surface area (Å²) in [5.41, 5.74) is 4.93. The number of hydrogen-bond donors (Lipinski definition) is 2. The fourth-order valence-corrected chi connectivity index (χ4v) is 6.92. The number of carbonyl (C=O) groups is 1. The van der Waals surface area contributed by atoms with Gasteiger partial charge in [0.15, 0.2) is 5.72 Å². The zero-order chi connectivity index (χ0) is 22.3. The highest BCUT2D eigenvalue weighted by Gasteiger charge is 2.58. The molecule has 0 unspecified atom stereocenters. The maximum Gasteiger partial charge on any atom is 0.252 e. The van der Waals surface area contributed by atoms with E-state index in [-0.39, 0.29) is 18.7 Å². The molecule has 0 saturated carbocycles. The molecule has 2 bridgehead atoms. The smallest absolute Gasteiger partial charge is 0.252 e. The van der Waals surface area contributed by atoms with Crippen LogP contribution in [-0.2, 0) is 17.0 Å². The quantitative estimate of drug-likeness (QED) is 0.398. The molecule has 1 amide bonds. The summed E-state index contributed by atoms with van der Waals surface area (Å²) in [4.78, 5) is 13.2. The number of carbonyl (C=O) groups excluding carboxylic acids is 1. The number of amides is 1. The third kappa shape index (κ3) is 1.76. The van der Waals surface area contributed by atoms with Crippen molar-refractivity contribution in [2.75, 3.05) is 6.61 Å². The van der Waals surface area contributed by atoms with Gasteiger partial charge in [-0.15, -0.1) is 0 Å². The van der Waals surface area contributed by atoms with Crippen LogP contribution in [0.3, 0.4) is 0 Å². The lowest BCUT2D eigenvalue weighted by molar-refractivity contribution is -0.149. The summed E-state index contributed by atoms with van der Waals surface area (Å²) >= 11 is 0. The van der Waals surface area contributed by atoms with Crippen LogP contribution >= 0.6 is 0 Å². The van der Waals surface area contributed by atoms with Crippen LogP contribution < -0.4 is 5.32 Å².